The summed E-state index contributed by atoms with van der Waals surface area (Å²) in [5.41, 5.74) is 7.32. The van der Waals surface area contributed by atoms with Gasteiger partial charge in [0.15, 0.2) is 0 Å². The summed E-state index contributed by atoms with van der Waals surface area (Å²) >= 11 is 0. The van der Waals surface area contributed by atoms with Gasteiger partial charge in [0.05, 0.1) is 12.0 Å². The Balaban J connectivity index is 2.76. The molecule has 0 aliphatic carbocycles. The smallest absolute Gasteiger partial charge is 0.312 e. The van der Waals surface area contributed by atoms with E-state index in [-0.39, 0.29) is 12.6 Å². The lowest BCUT2D eigenvalue weighted by atomic mass is 9.97. The molecule has 4 heteroatoms. The maximum atomic E-state index is 10.9. The molecule has 0 bridgehead atoms. The number of ether oxygens (including phenoxy) is 1. The van der Waals surface area contributed by atoms with Gasteiger partial charge in [-0.1, -0.05) is 24.3 Å². The van der Waals surface area contributed by atoms with Crippen molar-refractivity contribution in [2.75, 3.05) is 13.7 Å². The molecule has 2 unspecified atom stereocenters. The molecule has 0 saturated heterocycles. The highest BCUT2D eigenvalue weighted by atomic mass is 16.5. The third-order valence-corrected chi connectivity index (χ3v) is 2.84. The van der Waals surface area contributed by atoms with Crippen LogP contribution in [0.4, 0.5) is 0 Å². The van der Waals surface area contributed by atoms with Crippen LogP contribution in [0, 0.1) is 0 Å². The van der Waals surface area contributed by atoms with Crippen molar-refractivity contribution >= 4 is 5.97 Å². The molecule has 1 aromatic carbocycles. The number of methoxy groups -OCH3 is 1. The van der Waals surface area contributed by atoms with Gasteiger partial charge in [-0.05, 0) is 24.5 Å². The molecule has 0 radical (unpaired) electrons. The number of carbonyl (C=O) groups is 1. The Labute approximate surface area is 101 Å². The van der Waals surface area contributed by atoms with Gasteiger partial charge in [-0.3, -0.25) is 4.79 Å². The fourth-order valence-corrected chi connectivity index (χ4v) is 1.68. The average molecular weight is 237 g/mol. The van der Waals surface area contributed by atoms with Crippen molar-refractivity contribution in [1.82, 2.24) is 0 Å². The molecule has 0 amide bonds. The molecule has 0 aromatic heterocycles. The van der Waals surface area contributed by atoms with Gasteiger partial charge in [-0.25, -0.2) is 0 Å². The van der Waals surface area contributed by atoms with Gasteiger partial charge < -0.3 is 15.6 Å². The van der Waals surface area contributed by atoms with Crippen LogP contribution in [0.3, 0.4) is 0 Å². The summed E-state index contributed by atoms with van der Waals surface area (Å²) in [6.45, 7) is 2.11. The summed E-state index contributed by atoms with van der Waals surface area (Å²) in [6, 6.07) is 7.50. The first-order valence-electron chi connectivity index (χ1n) is 5.63. The van der Waals surface area contributed by atoms with Gasteiger partial charge in [0, 0.05) is 13.7 Å². The highest BCUT2D eigenvalue weighted by molar-refractivity contribution is 5.76. The van der Waals surface area contributed by atoms with Crippen LogP contribution in [0.5, 0.6) is 0 Å². The summed E-state index contributed by atoms with van der Waals surface area (Å²) in [6.07, 6.45) is 0.975. The van der Waals surface area contributed by atoms with Gasteiger partial charge in [-0.2, -0.15) is 0 Å². The summed E-state index contributed by atoms with van der Waals surface area (Å²) in [5.74, 6) is -1.51. The summed E-state index contributed by atoms with van der Waals surface area (Å²) in [4.78, 5) is 10.9. The molecule has 1 aromatic rings. The van der Waals surface area contributed by atoms with E-state index in [1.54, 1.807) is 7.11 Å². The van der Waals surface area contributed by atoms with Gasteiger partial charge in [-0.15, -0.1) is 0 Å². The monoisotopic (exact) mass is 237 g/mol. The molecule has 3 N–H and O–H groups in total. The molecule has 1 rings (SSSR count). The first-order chi connectivity index (χ1) is 8.08. The van der Waals surface area contributed by atoms with Crippen LogP contribution < -0.4 is 5.73 Å². The summed E-state index contributed by atoms with van der Waals surface area (Å²) < 4.78 is 5.18. The van der Waals surface area contributed by atoms with Crippen molar-refractivity contribution in [3.05, 3.63) is 35.4 Å². The number of nitrogens with two attached hydrogens (primary N) is 1. The molecule has 2 atom stereocenters. The molecule has 17 heavy (non-hydrogen) atoms. The first kappa shape index (κ1) is 13.7. The minimum atomic E-state index is -0.884. The van der Waals surface area contributed by atoms with E-state index in [0.717, 1.165) is 17.5 Å². The first-order valence-corrected chi connectivity index (χ1v) is 5.63. The number of benzene rings is 1. The Morgan fingerprint density at radius 3 is 2.41 bits per heavy atom. The highest BCUT2D eigenvalue weighted by Gasteiger charge is 2.17. The van der Waals surface area contributed by atoms with Crippen molar-refractivity contribution in [3.8, 4) is 0 Å². The van der Waals surface area contributed by atoms with Crippen LogP contribution in [-0.2, 0) is 16.0 Å². The number of carboxylic acids is 1. The lowest BCUT2D eigenvalue weighted by molar-refractivity contribution is -0.138. The van der Waals surface area contributed by atoms with E-state index >= 15 is 0 Å². The quantitative estimate of drug-likeness (QED) is 0.784. The van der Waals surface area contributed by atoms with E-state index in [2.05, 4.69) is 0 Å². The predicted molar refractivity (Wildman–Crippen MR) is 66.0 cm³/mol. The molecule has 0 fully saturated rings. The van der Waals surface area contributed by atoms with Crippen molar-refractivity contribution in [2.24, 2.45) is 5.73 Å². The Morgan fingerprint density at radius 1 is 1.41 bits per heavy atom. The number of hydrogen-bond acceptors (Lipinski definition) is 3. The zero-order chi connectivity index (χ0) is 12.8. The Morgan fingerprint density at radius 2 is 2.00 bits per heavy atom. The zero-order valence-corrected chi connectivity index (χ0v) is 10.2. The molecule has 0 aliphatic heterocycles. The summed E-state index contributed by atoms with van der Waals surface area (Å²) in [7, 11) is 1.67. The van der Waals surface area contributed by atoms with Crippen molar-refractivity contribution in [1.29, 1.82) is 0 Å². The van der Waals surface area contributed by atoms with E-state index in [1.807, 2.05) is 31.2 Å². The Kier molecular flexibility index (Phi) is 5.12. The second-order valence-electron chi connectivity index (χ2n) is 4.12. The molecule has 94 valence electrons. The largest absolute Gasteiger partial charge is 0.481 e. The number of hydrogen-bond donors (Lipinski definition) is 2. The number of carboxylic acid groups (broad SMARTS) is 1. The Hall–Kier alpha value is -1.39. The average Bonchev–Trinajstić information content (AvgIpc) is 2.31. The Bertz CT molecular complexity index is 361. The van der Waals surface area contributed by atoms with Crippen molar-refractivity contribution < 1.29 is 14.6 Å². The highest BCUT2D eigenvalue weighted by Crippen LogP contribution is 2.16. The van der Waals surface area contributed by atoms with Crippen LogP contribution in [0.2, 0.25) is 0 Å². The fourth-order valence-electron chi connectivity index (χ4n) is 1.68. The minimum absolute atomic E-state index is 0.114. The lowest BCUT2D eigenvalue weighted by Gasteiger charge is -2.12. The van der Waals surface area contributed by atoms with Gasteiger partial charge >= 0.3 is 5.97 Å². The molecule has 4 nitrogen and oxygen atoms in total. The van der Waals surface area contributed by atoms with E-state index in [4.69, 9.17) is 15.6 Å². The number of aliphatic carboxylic acids is 1. The lowest BCUT2D eigenvalue weighted by Crippen LogP contribution is -2.21. The maximum Gasteiger partial charge on any atom is 0.312 e. The van der Waals surface area contributed by atoms with Crippen LogP contribution in [-0.4, -0.2) is 30.8 Å². The standard InChI is InChI=1S/C13H19NO3/c1-9(17-2)7-10-3-5-11(6-4-10)12(8-14)13(15)16/h3-6,9,12H,7-8,14H2,1-2H3,(H,15,16). The molecule has 0 saturated carbocycles. The normalized spacial score (nSPS) is 14.3. The van der Waals surface area contributed by atoms with Crippen molar-refractivity contribution in [3.63, 3.8) is 0 Å². The second-order valence-corrected chi connectivity index (χ2v) is 4.12. The zero-order valence-electron chi connectivity index (χ0n) is 10.2. The molecule has 0 heterocycles. The van der Waals surface area contributed by atoms with Crippen LogP contribution >= 0.6 is 0 Å². The second kappa shape index (κ2) is 6.37. The van der Waals surface area contributed by atoms with Gasteiger partial charge in [0.2, 0.25) is 0 Å². The SMILES string of the molecule is COC(C)Cc1ccc(C(CN)C(=O)O)cc1. The predicted octanol–water partition coefficient (Wildman–Crippen LogP) is 1.39. The molecular formula is C13H19NO3. The van der Waals surface area contributed by atoms with E-state index in [1.165, 1.54) is 0 Å². The fraction of sp³-hybridized carbons (Fsp3) is 0.462. The molecule has 0 aliphatic rings. The molecular weight excluding hydrogens is 218 g/mol. The van der Waals surface area contributed by atoms with Crippen molar-refractivity contribution in [2.45, 2.75) is 25.4 Å². The van der Waals surface area contributed by atoms with E-state index < -0.39 is 11.9 Å². The van der Waals surface area contributed by atoms with Crippen LogP contribution in [0.1, 0.15) is 24.0 Å². The summed E-state index contributed by atoms with van der Waals surface area (Å²) in [5, 5.41) is 8.98. The maximum absolute atomic E-state index is 10.9. The minimum Gasteiger partial charge on any atom is -0.481 e. The topological polar surface area (TPSA) is 72.5 Å². The third kappa shape index (κ3) is 3.84. The van der Waals surface area contributed by atoms with E-state index in [0.29, 0.717) is 0 Å². The van der Waals surface area contributed by atoms with Gasteiger partial charge in [0.25, 0.3) is 0 Å². The molecule has 0 spiro atoms. The number of rotatable bonds is 6. The van der Waals surface area contributed by atoms with E-state index in [9.17, 15) is 4.79 Å². The van der Waals surface area contributed by atoms with Crippen LogP contribution in [0.15, 0.2) is 24.3 Å². The van der Waals surface area contributed by atoms with Gasteiger partial charge in [0.1, 0.15) is 0 Å². The third-order valence-electron chi connectivity index (χ3n) is 2.84. The van der Waals surface area contributed by atoms with Crippen LogP contribution in [0.25, 0.3) is 0 Å².